The van der Waals surface area contributed by atoms with Gasteiger partial charge in [0, 0.05) is 12.5 Å². The molecule has 5 heteroatoms. The van der Waals surface area contributed by atoms with Crippen molar-refractivity contribution in [2.75, 3.05) is 6.61 Å². The highest BCUT2D eigenvalue weighted by Crippen LogP contribution is 2.70. The third-order valence-electron chi connectivity index (χ3n) is 4.13. The number of aliphatic carboxylic acids is 1. The van der Waals surface area contributed by atoms with Gasteiger partial charge in [-0.15, -0.1) is 0 Å². The average Bonchev–Trinajstić information content (AvgIpc) is 3.35. The molecule has 1 atom stereocenters. The molecule has 2 saturated carbocycles. The summed E-state index contributed by atoms with van der Waals surface area (Å²) in [4.78, 5) is 22.4. The van der Waals surface area contributed by atoms with Gasteiger partial charge in [0.15, 0.2) is 6.61 Å². The van der Waals surface area contributed by atoms with Crippen molar-refractivity contribution in [2.45, 2.75) is 25.8 Å². The van der Waals surface area contributed by atoms with Crippen molar-refractivity contribution in [2.24, 2.45) is 11.3 Å². The highest BCUT2D eigenvalue weighted by molar-refractivity contribution is 5.83. The Bertz CT molecular complexity index is 551. The Balaban J connectivity index is 1.50. The molecule has 2 fully saturated rings. The van der Waals surface area contributed by atoms with Crippen LogP contribution in [0.15, 0.2) is 24.3 Å². The number of rotatable bonds is 6. The normalized spacial score (nSPS) is 21.3. The molecule has 2 aliphatic rings. The number of benzene rings is 1. The first-order valence-electron chi connectivity index (χ1n) is 6.80. The summed E-state index contributed by atoms with van der Waals surface area (Å²) in [6, 6.07) is 7.13. The van der Waals surface area contributed by atoms with E-state index in [-0.39, 0.29) is 18.4 Å². The molecule has 3 rings (SSSR count). The fourth-order valence-electron chi connectivity index (χ4n) is 2.63. The van der Waals surface area contributed by atoms with Gasteiger partial charge in [0.1, 0.15) is 5.75 Å². The average molecular weight is 275 g/mol. The van der Waals surface area contributed by atoms with Gasteiger partial charge in [-0.1, -0.05) is 12.1 Å². The van der Waals surface area contributed by atoms with E-state index in [9.17, 15) is 9.59 Å². The first-order valence-corrected chi connectivity index (χ1v) is 6.80. The maximum absolute atomic E-state index is 11.9. The second-order valence-electron chi connectivity index (χ2n) is 5.67. The number of carboxylic acid groups (broad SMARTS) is 1. The third-order valence-corrected chi connectivity index (χ3v) is 4.13. The molecule has 0 saturated heterocycles. The Hall–Kier alpha value is -2.04. The summed E-state index contributed by atoms with van der Waals surface area (Å²) in [5.41, 5.74) is 1.28. The predicted molar refractivity (Wildman–Crippen MR) is 71.2 cm³/mol. The molecule has 1 amide bonds. The van der Waals surface area contributed by atoms with Crippen LogP contribution in [0, 0.1) is 11.3 Å². The Morgan fingerprint density at radius 3 is 2.85 bits per heavy atom. The van der Waals surface area contributed by atoms with Crippen molar-refractivity contribution in [3.8, 4) is 5.75 Å². The summed E-state index contributed by atoms with van der Waals surface area (Å²) >= 11 is 0. The maximum Gasteiger partial charge on any atom is 0.341 e. The summed E-state index contributed by atoms with van der Waals surface area (Å²) < 4.78 is 5.11. The lowest BCUT2D eigenvalue weighted by atomic mass is 10.2. The molecular weight excluding hydrogens is 258 g/mol. The first-order chi connectivity index (χ1) is 9.59. The third kappa shape index (κ3) is 2.76. The van der Waals surface area contributed by atoms with E-state index in [4.69, 9.17) is 9.84 Å². The van der Waals surface area contributed by atoms with Crippen LogP contribution in [0.1, 0.15) is 24.8 Å². The standard InChI is InChI=1S/C15H17NO4/c17-13(18)9-20-11-3-1-2-10(6-11)8-16-14(19)12-7-15(12)4-5-15/h1-3,6,12H,4-5,7-9H2,(H,16,19)(H,17,18). The Morgan fingerprint density at radius 2 is 2.20 bits per heavy atom. The Labute approximate surface area is 116 Å². The molecule has 2 aliphatic carbocycles. The molecule has 1 aromatic carbocycles. The van der Waals surface area contributed by atoms with Crippen molar-refractivity contribution in [1.29, 1.82) is 0 Å². The Morgan fingerprint density at radius 1 is 1.40 bits per heavy atom. The van der Waals surface area contributed by atoms with Crippen molar-refractivity contribution in [3.05, 3.63) is 29.8 Å². The van der Waals surface area contributed by atoms with Gasteiger partial charge in [0.05, 0.1) is 0 Å². The molecule has 0 radical (unpaired) electrons. The van der Waals surface area contributed by atoms with Crippen molar-refractivity contribution in [1.82, 2.24) is 5.32 Å². The largest absolute Gasteiger partial charge is 0.482 e. The molecule has 0 aliphatic heterocycles. The number of nitrogens with one attached hydrogen (secondary N) is 1. The molecule has 0 aromatic heterocycles. The van der Waals surface area contributed by atoms with Crippen molar-refractivity contribution >= 4 is 11.9 Å². The van der Waals surface area contributed by atoms with Crippen LogP contribution in [0.25, 0.3) is 0 Å². The zero-order chi connectivity index (χ0) is 14.2. The van der Waals surface area contributed by atoms with Crippen LogP contribution in [0.3, 0.4) is 0 Å². The van der Waals surface area contributed by atoms with Crippen LogP contribution in [-0.2, 0) is 16.1 Å². The van der Waals surface area contributed by atoms with E-state index in [2.05, 4.69) is 5.32 Å². The number of hydrogen-bond acceptors (Lipinski definition) is 3. The van der Waals surface area contributed by atoms with E-state index in [1.807, 2.05) is 6.07 Å². The molecule has 1 unspecified atom stereocenters. The SMILES string of the molecule is O=C(O)COc1cccc(CNC(=O)C2CC23CC3)c1. The number of amides is 1. The van der Waals surface area contributed by atoms with Gasteiger partial charge in [-0.05, 0) is 42.4 Å². The van der Waals surface area contributed by atoms with E-state index >= 15 is 0 Å². The van der Waals surface area contributed by atoms with Gasteiger partial charge >= 0.3 is 5.97 Å². The van der Waals surface area contributed by atoms with Gasteiger partial charge in [0.2, 0.25) is 5.91 Å². The van der Waals surface area contributed by atoms with E-state index in [0.29, 0.717) is 17.7 Å². The number of carboxylic acids is 1. The van der Waals surface area contributed by atoms with E-state index in [0.717, 1.165) is 12.0 Å². The molecule has 1 aromatic rings. The molecule has 1 spiro atoms. The molecule has 0 heterocycles. The second kappa shape index (κ2) is 4.81. The number of hydrogen-bond donors (Lipinski definition) is 2. The zero-order valence-corrected chi connectivity index (χ0v) is 11.1. The molecule has 2 N–H and O–H groups in total. The molecule has 0 bridgehead atoms. The van der Waals surface area contributed by atoms with Crippen LogP contribution in [0.4, 0.5) is 0 Å². The van der Waals surface area contributed by atoms with Gasteiger partial charge in [-0.25, -0.2) is 4.79 Å². The minimum atomic E-state index is -1.01. The lowest BCUT2D eigenvalue weighted by Crippen LogP contribution is -2.25. The van der Waals surface area contributed by atoms with Gasteiger partial charge in [-0.3, -0.25) is 4.79 Å². The highest BCUT2D eigenvalue weighted by Gasteiger charge is 2.65. The summed E-state index contributed by atoms with van der Waals surface area (Å²) in [6.45, 7) is 0.0933. The number of ether oxygens (including phenoxy) is 1. The van der Waals surface area contributed by atoms with Crippen LogP contribution >= 0.6 is 0 Å². The fourth-order valence-corrected chi connectivity index (χ4v) is 2.63. The topological polar surface area (TPSA) is 75.6 Å². The maximum atomic E-state index is 11.9. The van der Waals surface area contributed by atoms with Gasteiger partial charge in [-0.2, -0.15) is 0 Å². The molecular formula is C15H17NO4. The fraction of sp³-hybridized carbons (Fsp3) is 0.467. The number of carbonyl (C=O) groups is 2. The number of carbonyl (C=O) groups excluding carboxylic acids is 1. The van der Waals surface area contributed by atoms with Gasteiger partial charge in [0.25, 0.3) is 0 Å². The smallest absolute Gasteiger partial charge is 0.341 e. The summed E-state index contributed by atoms with van der Waals surface area (Å²) in [7, 11) is 0. The first kappa shape index (κ1) is 13.0. The van der Waals surface area contributed by atoms with Crippen LogP contribution < -0.4 is 10.1 Å². The van der Waals surface area contributed by atoms with Crippen LogP contribution in [0.2, 0.25) is 0 Å². The van der Waals surface area contributed by atoms with E-state index < -0.39 is 5.97 Å². The van der Waals surface area contributed by atoms with Crippen LogP contribution in [-0.4, -0.2) is 23.6 Å². The molecule has 20 heavy (non-hydrogen) atoms. The summed E-state index contributed by atoms with van der Waals surface area (Å²) in [6.07, 6.45) is 3.44. The minimum absolute atomic E-state index is 0.138. The quantitative estimate of drug-likeness (QED) is 0.826. The minimum Gasteiger partial charge on any atom is -0.482 e. The van der Waals surface area contributed by atoms with Gasteiger partial charge < -0.3 is 15.2 Å². The van der Waals surface area contributed by atoms with Crippen molar-refractivity contribution in [3.63, 3.8) is 0 Å². The van der Waals surface area contributed by atoms with E-state index in [1.54, 1.807) is 18.2 Å². The molecule has 106 valence electrons. The lowest BCUT2D eigenvalue weighted by Gasteiger charge is -2.07. The Kier molecular flexibility index (Phi) is 3.12. The predicted octanol–water partition coefficient (Wildman–Crippen LogP) is 1.57. The summed E-state index contributed by atoms with van der Waals surface area (Å²) in [5.74, 6) is -0.148. The molecule has 5 nitrogen and oxygen atoms in total. The highest BCUT2D eigenvalue weighted by atomic mass is 16.5. The second-order valence-corrected chi connectivity index (χ2v) is 5.67. The van der Waals surface area contributed by atoms with Crippen LogP contribution in [0.5, 0.6) is 5.75 Å². The monoisotopic (exact) mass is 275 g/mol. The zero-order valence-electron chi connectivity index (χ0n) is 11.1. The lowest BCUT2D eigenvalue weighted by molar-refractivity contribution is -0.139. The summed E-state index contributed by atoms with van der Waals surface area (Å²) in [5, 5.41) is 11.5. The van der Waals surface area contributed by atoms with Crippen molar-refractivity contribution < 1.29 is 19.4 Å². The van der Waals surface area contributed by atoms with E-state index in [1.165, 1.54) is 12.8 Å².